The number of nitrogens with zero attached hydrogens (tertiary/aromatic N) is 2. The van der Waals surface area contributed by atoms with Gasteiger partial charge in [-0.1, -0.05) is 12.2 Å². The molecule has 0 bridgehead atoms. The SMILES string of the molecule is NCC=Cc1cncc([N+](=O)[O-])c1N. The van der Waals surface area contributed by atoms with Gasteiger partial charge in [-0.05, 0) is 0 Å². The normalized spacial score (nSPS) is 10.6. The Labute approximate surface area is 80.4 Å². The van der Waals surface area contributed by atoms with Crippen LogP contribution in [0.3, 0.4) is 0 Å². The summed E-state index contributed by atoms with van der Waals surface area (Å²) in [7, 11) is 0. The number of aromatic nitrogens is 1. The van der Waals surface area contributed by atoms with E-state index in [9.17, 15) is 10.1 Å². The predicted molar refractivity (Wildman–Crippen MR) is 53.4 cm³/mol. The monoisotopic (exact) mass is 194 g/mol. The van der Waals surface area contributed by atoms with Crippen molar-refractivity contribution in [2.45, 2.75) is 0 Å². The van der Waals surface area contributed by atoms with Crippen molar-refractivity contribution in [2.75, 3.05) is 12.3 Å². The van der Waals surface area contributed by atoms with Gasteiger partial charge < -0.3 is 11.5 Å². The topological polar surface area (TPSA) is 108 Å². The lowest BCUT2D eigenvalue weighted by molar-refractivity contribution is -0.384. The van der Waals surface area contributed by atoms with Crippen molar-refractivity contribution in [1.82, 2.24) is 4.98 Å². The molecule has 6 heteroatoms. The van der Waals surface area contributed by atoms with Crippen molar-refractivity contribution in [1.29, 1.82) is 0 Å². The first kappa shape index (κ1) is 10.1. The Morgan fingerprint density at radius 3 is 2.86 bits per heavy atom. The Bertz CT molecular complexity index is 376. The van der Waals surface area contributed by atoms with Gasteiger partial charge in [0.15, 0.2) is 0 Å². The van der Waals surface area contributed by atoms with Gasteiger partial charge in [0.05, 0.1) is 4.92 Å². The number of nitrogen functional groups attached to an aromatic ring is 1. The zero-order valence-electron chi connectivity index (χ0n) is 7.38. The third-order valence-electron chi connectivity index (χ3n) is 1.63. The Hall–Kier alpha value is -1.95. The highest BCUT2D eigenvalue weighted by molar-refractivity contribution is 5.71. The number of hydrogen-bond donors (Lipinski definition) is 2. The van der Waals surface area contributed by atoms with Gasteiger partial charge in [-0.3, -0.25) is 15.1 Å². The Kier molecular flexibility index (Phi) is 3.14. The maximum atomic E-state index is 10.5. The molecule has 0 radical (unpaired) electrons. The maximum absolute atomic E-state index is 10.5. The van der Waals surface area contributed by atoms with Crippen molar-refractivity contribution >= 4 is 17.5 Å². The third-order valence-corrected chi connectivity index (χ3v) is 1.63. The molecule has 1 heterocycles. The molecule has 0 saturated heterocycles. The molecule has 74 valence electrons. The van der Waals surface area contributed by atoms with Gasteiger partial charge in [-0.25, -0.2) is 0 Å². The molecule has 4 N–H and O–H groups in total. The fourth-order valence-electron chi connectivity index (χ4n) is 0.948. The van der Waals surface area contributed by atoms with Crippen LogP contribution in [0.2, 0.25) is 0 Å². The lowest BCUT2D eigenvalue weighted by Crippen LogP contribution is -1.99. The summed E-state index contributed by atoms with van der Waals surface area (Å²) in [6.45, 7) is 0.349. The van der Waals surface area contributed by atoms with E-state index in [-0.39, 0.29) is 11.4 Å². The van der Waals surface area contributed by atoms with E-state index in [1.165, 1.54) is 6.20 Å². The zero-order valence-corrected chi connectivity index (χ0v) is 7.38. The lowest BCUT2D eigenvalue weighted by atomic mass is 10.2. The molecule has 0 atom stereocenters. The number of nitro groups is 1. The second-order valence-electron chi connectivity index (χ2n) is 2.56. The predicted octanol–water partition coefficient (Wildman–Crippen LogP) is 0.544. The minimum absolute atomic E-state index is 0.106. The molecular weight excluding hydrogens is 184 g/mol. The molecule has 14 heavy (non-hydrogen) atoms. The van der Waals surface area contributed by atoms with Crippen LogP contribution in [0.1, 0.15) is 5.56 Å². The van der Waals surface area contributed by atoms with Crippen LogP contribution in [0.5, 0.6) is 0 Å². The van der Waals surface area contributed by atoms with Gasteiger partial charge in [-0.15, -0.1) is 0 Å². The lowest BCUT2D eigenvalue weighted by Gasteiger charge is -1.99. The molecule has 0 amide bonds. The Morgan fingerprint density at radius 2 is 2.29 bits per heavy atom. The van der Waals surface area contributed by atoms with E-state index in [0.717, 1.165) is 6.20 Å². The molecule has 0 aromatic carbocycles. The summed E-state index contributed by atoms with van der Waals surface area (Å²) in [4.78, 5) is 13.6. The summed E-state index contributed by atoms with van der Waals surface area (Å²) < 4.78 is 0. The van der Waals surface area contributed by atoms with Crippen molar-refractivity contribution in [2.24, 2.45) is 5.73 Å². The zero-order chi connectivity index (χ0) is 10.6. The first-order valence-corrected chi connectivity index (χ1v) is 3.91. The highest BCUT2D eigenvalue weighted by Gasteiger charge is 2.13. The number of hydrogen-bond acceptors (Lipinski definition) is 5. The van der Waals surface area contributed by atoms with E-state index < -0.39 is 4.92 Å². The molecule has 6 nitrogen and oxygen atoms in total. The summed E-state index contributed by atoms with van der Waals surface area (Å²) in [5.74, 6) is 0. The molecule has 0 aliphatic rings. The first-order valence-electron chi connectivity index (χ1n) is 3.91. The number of pyridine rings is 1. The maximum Gasteiger partial charge on any atom is 0.310 e. The van der Waals surface area contributed by atoms with Gasteiger partial charge in [0.2, 0.25) is 0 Å². The standard InChI is InChI=1S/C8H10N4O2/c9-3-1-2-6-4-11-5-7(8(6)10)12(13)14/h1-2,4-5H,3,9H2,(H2,10,11). The van der Waals surface area contributed by atoms with Crippen molar-refractivity contribution < 1.29 is 4.92 Å². The van der Waals surface area contributed by atoms with Crippen molar-refractivity contribution in [3.8, 4) is 0 Å². The highest BCUT2D eigenvalue weighted by atomic mass is 16.6. The van der Waals surface area contributed by atoms with E-state index in [1.54, 1.807) is 12.2 Å². The molecule has 0 saturated carbocycles. The Morgan fingerprint density at radius 1 is 1.57 bits per heavy atom. The van der Waals surface area contributed by atoms with Crippen molar-refractivity contribution in [3.05, 3.63) is 34.1 Å². The van der Waals surface area contributed by atoms with Crippen LogP contribution >= 0.6 is 0 Å². The van der Waals surface area contributed by atoms with Crippen LogP contribution in [0.4, 0.5) is 11.4 Å². The van der Waals surface area contributed by atoms with Crippen molar-refractivity contribution in [3.63, 3.8) is 0 Å². The quantitative estimate of drug-likeness (QED) is 0.539. The molecular formula is C8H10N4O2. The average molecular weight is 194 g/mol. The van der Waals surface area contributed by atoms with E-state index >= 15 is 0 Å². The van der Waals surface area contributed by atoms with Crippen LogP contribution in [0.25, 0.3) is 6.08 Å². The fourth-order valence-corrected chi connectivity index (χ4v) is 0.948. The van der Waals surface area contributed by atoms with Gasteiger partial charge in [0.25, 0.3) is 0 Å². The summed E-state index contributed by atoms with van der Waals surface area (Å²) in [6, 6.07) is 0. The molecule has 0 fully saturated rings. The van der Waals surface area contributed by atoms with Crippen LogP contribution in [0.15, 0.2) is 18.5 Å². The number of anilines is 1. The smallest absolute Gasteiger partial charge is 0.310 e. The summed E-state index contributed by atoms with van der Waals surface area (Å²) in [5, 5.41) is 10.5. The fraction of sp³-hybridized carbons (Fsp3) is 0.125. The van der Waals surface area contributed by atoms with Gasteiger partial charge >= 0.3 is 5.69 Å². The average Bonchev–Trinajstić information content (AvgIpc) is 2.16. The van der Waals surface area contributed by atoms with Gasteiger partial charge in [-0.2, -0.15) is 0 Å². The van der Waals surface area contributed by atoms with Gasteiger partial charge in [0.1, 0.15) is 11.9 Å². The summed E-state index contributed by atoms with van der Waals surface area (Å²) >= 11 is 0. The minimum Gasteiger partial charge on any atom is -0.393 e. The second-order valence-corrected chi connectivity index (χ2v) is 2.56. The van der Waals surface area contributed by atoms with E-state index in [2.05, 4.69) is 4.98 Å². The molecule has 0 spiro atoms. The number of rotatable bonds is 3. The van der Waals surface area contributed by atoms with Crippen LogP contribution < -0.4 is 11.5 Å². The molecule has 1 rings (SSSR count). The molecule has 0 unspecified atom stereocenters. The second kappa shape index (κ2) is 4.33. The van der Waals surface area contributed by atoms with E-state index in [0.29, 0.717) is 12.1 Å². The summed E-state index contributed by atoms with van der Waals surface area (Å²) in [6.07, 6.45) is 5.83. The number of nitrogens with two attached hydrogens (primary N) is 2. The van der Waals surface area contributed by atoms with Crippen LogP contribution in [-0.4, -0.2) is 16.5 Å². The molecule has 1 aromatic heterocycles. The third kappa shape index (κ3) is 2.05. The highest BCUT2D eigenvalue weighted by Crippen LogP contribution is 2.23. The molecule has 1 aromatic rings. The summed E-state index contributed by atoms with van der Waals surface area (Å²) in [5.41, 5.74) is 11.2. The van der Waals surface area contributed by atoms with E-state index in [4.69, 9.17) is 11.5 Å². The Balaban J connectivity index is 3.14. The molecule has 0 aliphatic carbocycles. The van der Waals surface area contributed by atoms with E-state index in [1.807, 2.05) is 0 Å². The molecule has 0 aliphatic heterocycles. The largest absolute Gasteiger partial charge is 0.393 e. The van der Waals surface area contributed by atoms with Gasteiger partial charge in [0, 0.05) is 18.3 Å². The van der Waals surface area contributed by atoms with Crippen LogP contribution in [-0.2, 0) is 0 Å². The first-order chi connectivity index (χ1) is 6.66. The minimum atomic E-state index is -0.567. The van der Waals surface area contributed by atoms with Crippen LogP contribution in [0, 0.1) is 10.1 Å².